The average Bonchev–Trinajstić information content (AvgIpc) is 3.47. The fourth-order valence-electron chi connectivity index (χ4n) is 4.34. The van der Waals surface area contributed by atoms with Crippen molar-refractivity contribution in [2.24, 2.45) is 0 Å². The minimum absolute atomic E-state index is 0.250. The number of aromatic nitrogens is 1. The second kappa shape index (κ2) is 17.2. The lowest BCUT2D eigenvalue weighted by molar-refractivity contribution is -0.139. The van der Waals surface area contributed by atoms with Crippen LogP contribution in [0.2, 0.25) is 0 Å². The molecule has 216 valence electrons. The first-order valence-corrected chi connectivity index (χ1v) is 14.4. The summed E-state index contributed by atoms with van der Waals surface area (Å²) in [5, 5.41) is 3.70. The van der Waals surface area contributed by atoms with Crippen LogP contribution in [0.1, 0.15) is 82.8 Å². The number of nitrogens with zero attached hydrogens (tertiary/aromatic N) is 1. The molecule has 0 radical (unpaired) electrons. The van der Waals surface area contributed by atoms with Crippen LogP contribution in [0.3, 0.4) is 0 Å². The van der Waals surface area contributed by atoms with Crippen molar-refractivity contribution in [2.45, 2.75) is 84.7 Å². The Kier molecular flexibility index (Phi) is 13.3. The molecule has 0 atom stereocenters. The third-order valence-corrected chi connectivity index (χ3v) is 6.63. The molecule has 3 aromatic rings. The number of unbranched alkanes of at least 4 members (excludes halogenated alkanes) is 7. The third-order valence-electron chi connectivity index (χ3n) is 6.63. The van der Waals surface area contributed by atoms with Crippen LogP contribution in [0.5, 0.6) is 11.5 Å². The van der Waals surface area contributed by atoms with Crippen molar-refractivity contribution in [3.8, 4) is 22.6 Å². The summed E-state index contributed by atoms with van der Waals surface area (Å²) in [6, 6.07) is 10.6. The van der Waals surface area contributed by atoms with E-state index in [9.17, 15) is 4.79 Å². The van der Waals surface area contributed by atoms with E-state index in [4.69, 9.17) is 18.7 Å². The Bertz CT molecular complexity index is 1190. The average molecular weight is 552 g/mol. The maximum absolute atomic E-state index is 15.2. The molecule has 1 aromatic heterocycles. The lowest BCUT2D eigenvalue weighted by Crippen LogP contribution is -2.07. The molecule has 0 saturated carbocycles. The Morgan fingerprint density at radius 3 is 2.42 bits per heavy atom. The molecule has 0 aliphatic heterocycles. The van der Waals surface area contributed by atoms with Gasteiger partial charge in [-0.3, -0.25) is 0 Å². The molecular weight excluding hydrogens is 509 g/mol. The highest BCUT2D eigenvalue weighted by atomic mass is 19.1. The monoisotopic (exact) mass is 551 g/mol. The number of carbonyl (C=O) groups is 1. The summed E-state index contributed by atoms with van der Waals surface area (Å²) in [5.41, 5.74) is 3.27. The van der Waals surface area contributed by atoms with Gasteiger partial charge < -0.3 is 18.7 Å². The van der Waals surface area contributed by atoms with Gasteiger partial charge in [0, 0.05) is 22.8 Å². The Morgan fingerprint density at radius 2 is 1.73 bits per heavy atom. The molecule has 0 N–H and O–H groups in total. The Balaban J connectivity index is 1.59. The molecule has 6 nitrogen and oxygen atoms in total. The topological polar surface area (TPSA) is 70.8 Å². The Labute approximate surface area is 237 Å². The number of esters is 1. The van der Waals surface area contributed by atoms with Gasteiger partial charge in [-0.25, -0.2) is 9.18 Å². The first kappa shape index (κ1) is 30.9. The third kappa shape index (κ3) is 10.5. The predicted molar refractivity (Wildman–Crippen MR) is 155 cm³/mol. The van der Waals surface area contributed by atoms with Crippen molar-refractivity contribution in [1.82, 2.24) is 5.16 Å². The fraction of sp³-hybridized carbons (Fsp3) is 0.455. The minimum Gasteiger partial charge on any atom is -0.493 e. The normalized spacial score (nSPS) is 10.9. The second-order valence-electron chi connectivity index (χ2n) is 10.1. The molecule has 0 aliphatic rings. The van der Waals surface area contributed by atoms with Crippen LogP contribution < -0.4 is 9.47 Å². The summed E-state index contributed by atoms with van der Waals surface area (Å²) >= 11 is 0. The fourth-order valence-corrected chi connectivity index (χ4v) is 4.34. The number of halogens is 1. The SMILES string of the molecule is C=C(C)C(=O)OCCCc1cc(-c2ccc(OCCCCCCCCCC)cc2F)ccc1OCc1cnoc1. The summed E-state index contributed by atoms with van der Waals surface area (Å²) in [6.45, 7) is 8.58. The smallest absolute Gasteiger partial charge is 0.333 e. The maximum atomic E-state index is 15.2. The summed E-state index contributed by atoms with van der Waals surface area (Å²) < 4.78 is 37.1. The van der Waals surface area contributed by atoms with Crippen LogP contribution in [0.4, 0.5) is 4.39 Å². The van der Waals surface area contributed by atoms with Gasteiger partial charge in [0.05, 0.1) is 19.4 Å². The van der Waals surface area contributed by atoms with E-state index in [1.165, 1.54) is 50.9 Å². The molecule has 0 bridgehead atoms. The van der Waals surface area contributed by atoms with Crippen LogP contribution in [-0.4, -0.2) is 24.3 Å². The highest BCUT2D eigenvalue weighted by Gasteiger charge is 2.13. The summed E-state index contributed by atoms with van der Waals surface area (Å²) in [4.78, 5) is 11.7. The molecule has 2 aromatic carbocycles. The zero-order chi connectivity index (χ0) is 28.6. The first-order valence-electron chi connectivity index (χ1n) is 14.4. The number of hydrogen-bond acceptors (Lipinski definition) is 6. The zero-order valence-electron chi connectivity index (χ0n) is 23.9. The van der Waals surface area contributed by atoms with E-state index < -0.39 is 5.97 Å². The summed E-state index contributed by atoms with van der Waals surface area (Å²) in [5.74, 6) is 0.455. The van der Waals surface area contributed by atoms with Crippen molar-refractivity contribution >= 4 is 5.97 Å². The number of benzene rings is 2. The van der Waals surface area contributed by atoms with E-state index in [0.717, 1.165) is 29.5 Å². The van der Waals surface area contributed by atoms with Crippen molar-refractivity contribution < 1.29 is 27.9 Å². The highest BCUT2D eigenvalue weighted by molar-refractivity contribution is 5.86. The highest BCUT2D eigenvalue weighted by Crippen LogP contribution is 2.31. The summed E-state index contributed by atoms with van der Waals surface area (Å²) in [7, 11) is 0. The zero-order valence-corrected chi connectivity index (χ0v) is 23.9. The van der Waals surface area contributed by atoms with Gasteiger partial charge in [-0.15, -0.1) is 0 Å². The molecular formula is C33H42FNO5. The van der Waals surface area contributed by atoms with Crippen LogP contribution in [0, 0.1) is 5.82 Å². The first-order chi connectivity index (χ1) is 19.5. The van der Waals surface area contributed by atoms with E-state index in [-0.39, 0.29) is 12.4 Å². The van der Waals surface area contributed by atoms with Gasteiger partial charge >= 0.3 is 5.97 Å². The molecule has 0 unspecified atom stereocenters. The van der Waals surface area contributed by atoms with E-state index in [1.54, 1.807) is 19.2 Å². The number of rotatable bonds is 19. The van der Waals surface area contributed by atoms with Crippen LogP contribution in [0.25, 0.3) is 11.1 Å². The largest absolute Gasteiger partial charge is 0.493 e. The predicted octanol–water partition coefficient (Wildman–Crippen LogP) is 8.63. The number of ether oxygens (including phenoxy) is 3. The molecule has 1 heterocycles. The molecule has 40 heavy (non-hydrogen) atoms. The lowest BCUT2D eigenvalue weighted by atomic mass is 9.99. The molecule has 0 fully saturated rings. The number of carbonyl (C=O) groups excluding carboxylic acids is 1. The molecule has 0 amide bonds. The van der Waals surface area contributed by atoms with Gasteiger partial charge in [-0.1, -0.05) is 69.7 Å². The number of hydrogen-bond donors (Lipinski definition) is 0. The second-order valence-corrected chi connectivity index (χ2v) is 10.1. The van der Waals surface area contributed by atoms with E-state index in [2.05, 4.69) is 18.7 Å². The van der Waals surface area contributed by atoms with Gasteiger partial charge in [0.1, 0.15) is 30.2 Å². The van der Waals surface area contributed by atoms with E-state index in [0.29, 0.717) is 48.7 Å². The van der Waals surface area contributed by atoms with Crippen LogP contribution in [0.15, 0.2) is 65.5 Å². The van der Waals surface area contributed by atoms with Gasteiger partial charge in [0.15, 0.2) is 0 Å². The molecule has 0 aliphatic carbocycles. The van der Waals surface area contributed by atoms with Gasteiger partial charge in [0.25, 0.3) is 0 Å². The Morgan fingerprint density at radius 1 is 0.950 bits per heavy atom. The van der Waals surface area contributed by atoms with Crippen molar-refractivity contribution in [3.05, 3.63) is 78.0 Å². The Hall–Kier alpha value is -3.61. The minimum atomic E-state index is -0.413. The van der Waals surface area contributed by atoms with Gasteiger partial charge in [0.2, 0.25) is 0 Å². The lowest BCUT2D eigenvalue weighted by Gasteiger charge is -2.14. The summed E-state index contributed by atoms with van der Waals surface area (Å²) in [6.07, 6.45) is 14.1. The van der Waals surface area contributed by atoms with Crippen molar-refractivity contribution in [1.29, 1.82) is 0 Å². The van der Waals surface area contributed by atoms with Crippen molar-refractivity contribution in [3.63, 3.8) is 0 Å². The van der Waals surface area contributed by atoms with Gasteiger partial charge in [-0.05, 0) is 61.6 Å². The van der Waals surface area contributed by atoms with E-state index in [1.807, 2.05) is 24.3 Å². The maximum Gasteiger partial charge on any atom is 0.333 e. The molecule has 0 spiro atoms. The standard InChI is InChI=1S/C33H42FNO5/c1-4-5-6-7-8-9-10-11-18-37-29-15-16-30(31(34)21-29)27-14-17-32(39-23-26-22-35-40-24-26)28(20-27)13-12-19-38-33(36)25(2)3/h14-17,20-22,24H,2,4-13,18-19,23H2,1,3H3. The molecule has 7 heteroatoms. The quantitative estimate of drug-likeness (QED) is 0.0844. The van der Waals surface area contributed by atoms with E-state index >= 15 is 4.39 Å². The van der Waals surface area contributed by atoms with Gasteiger partial charge in [-0.2, -0.15) is 0 Å². The van der Waals surface area contributed by atoms with Crippen LogP contribution in [-0.2, 0) is 22.6 Å². The molecule has 0 saturated heterocycles. The molecule has 3 rings (SSSR count). The van der Waals surface area contributed by atoms with Crippen LogP contribution >= 0.6 is 0 Å². The number of aryl methyl sites for hydroxylation is 1. The van der Waals surface area contributed by atoms with Crippen molar-refractivity contribution in [2.75, 3.05) is 13.2 Å².